The number of hydrogen-bond acceptors (Lipinski definition) is 8. The van der Waals surface area contributed by atoms with Crippen LogP contribution in [-0.4, -0.2) is 70.5 Å². The minimum absolute atomic E-state index is 0.0643. The number of aromatic nitrogens is 2. The molecule has 3 N–H and O–H groups in total. The lowest BCUT2D eigenvalue weighted by atomic mass is 9.85. The Hall–Kier alpha value is -2.47. The standard InChI is InChI=1S/C28H43N5O5S/c1-37-16-9-17-38-25(22-12-6-3-7-13-22)23-14-8-15-33(20-23)27-26(31-39(36)32-27)30-24(19-29-28(34)35)18-21-10-4-2-5-11-21/h3,6-7,12-13,21,23-25,29H,2,4-5,8-11,14-20H2,1H3,(H,30,31)(H,34,35)/t23?,24?,25-,39?/m1/s1. The van der Waals surface area contributed by atoms with Crippen molar-refractivity contribution in [2.75, 3.05) is 50.2 Å². The first-order valence-electron chi connectivity index (χ1n) is 14.3. The molecule has 11 heteroatoms. The predicted octanol–water partition coefficient (Wildman–Crippen LogP) is 5.23. The van der Waals surface area contributed by atoms with E-state index in [0.717, 1.165) is 50.6 Å². The molecule has 1 saturated heterocycles. The van der Waals surface area contributed by atoms with Crippen LogP contribution in [0.5, 0.6) is 0 Å². The molecule has 4 rings (SSSR count). The van der Waals surface area contributed by atoms with Gasteiger partial charge in [0.15, 0.2) is 11.1 Å². The summed E-state index contributed by atoms with van der Waals surface area (Å²) in [5, 5.41) is 15.2. The molecule has 0 radical (unpaired) electrons. The third kappa shape index (κ3) is 9.02. The number of nitrogens with one attached hydrogen (secondary N) is 2. The summed E-state index contributed by atoms with van der Waals surface area (Å²) < 4.78 is 32.8. The van der Waals surface area contributed by atoms with Gasteiger partial charge in [0.2, 0.25) is 11.6 Å². The molecule has 216 valence electrons. The number of piperidine rings is 1. The van der Waals surface area contributed by atoms with Gasteiger partial charge >= 0.3 is 6.09 Å². The van der Waals surface area contributed by atoms with Gasteiger partial charge in [0.05, 0.1) is 6.10 Å². The molecule has 3 unspecified atom stereocenters. The summed E-state index contributed by atoms with van der Waals surface area (Å²) in [5.74, 6) is 1.88. The highest BCUT2D eigenvalue weighted by atomic mass is 32.2. The van der Waals surface area contributed by atoms with E-state index >= 15 is 0 Å². The van der Waals surface area contributed by atoms with Gasteiger partial charge in [0.25, 0.3) is 0 Å². The quantitative estimate of drug-likeness (QED) is 0.209. The van der Waals surface area contributed by atoms with E-state index in [1.165, 1.54) is 19.3 Å². The fraction of sp³-hybridized carbons (Fsp3) is 0.679. The number of amides is 1. The summed E-state index contributed by atoms with van der Waals surface area (Å²) in [4.78, 5) is 13.4. The van der Waals surface area contributed by atoms with Crippen LogP contribution in [0.15, 0.2) is 30.3 Å². The molecule has 1 aliphatic heterocycles. The Kier molecular flexibility index (Phi) is 11.6. The van der Waals surface area contributed by atoms with E-state index in [4.69, 9.17) is 9.47 Å². The second-order valence-electron chi connectivity index (χ2n) is 10.7. The van der Waals surface area contributed by atoms with Crippen molar-refractivity contribution in [3.63, 3.8) is 0 Å². The fourth-order valence-electron chi connectivity index (χ4n) is 5.99. The van der Waals surface area contributed by atoms with Crippen LogP contribution in [0.25, 0.3) is 0 Å². The molecule has 0 bridgehead atoms. The topological polar surface area (TPSA) is 132 Å². The minimum Gasteiger partial charge on any atom is -0.546 e. The second kappa shape index (κ2) is 15.4. The van der Waals surface area contributed by atoms with Gasteiger partial charge in [0, 0.05) is 60.7 Å². The highest BCUT2D eigenvalue weighted by molar-refractivity contribution is 7.14. The zero-order chi connectivity index (χ0) is 27.5. The first-order chi connectivity index (χ1) is 19.0. The Labute approximate surface area is 234 Å². The van der Waals surface area contributed by atoms with Gasteiger partial charge in [-0.2, -0.15) is 0 Å². The highest BCUT2D eigenvalue weighted by Crippen LogP contribution is 2.37. The summed E-state index contributed by atoms with van der Waals surface area (Å²) in [5.41, 5.74) is 1.15. The first kappa shape index (κ1) is 29.5. The van der Waals surface area contributed by atoms with Crippen LogP contribution in [0.2, 0.25) is 0 Å². The molecule has 10 nitrogen and oxygen atoms in total. The number of hydrogen-bond donors (Lipinski definition) is 3. The summed E-state index contributed by atoms with van der Waals surface area (Å²) in [6.45, 7) is 3.03. The smallest absolute Gasteiger partial charge is 0.404 e. The van der Waals surface area contributed by atoms with Crippen molar-refractivity contribution in [3.05, 3.63) is 35.9 Å². The number of carboxylic acid groups (broad SMARTS) is 1. The maximum atomic E-state index is 12.5. The van der Waals surface area contributed by atoms with E-state index < -0.39 is 17.2 Å². The van der Waals surface area contributed by atoms with Crippen molar-refractivity contribution in [2.45, 2.75) is 69.9 Å². The van der Waals surface area contributed by atoms with Crippen LogP contribution in [0, 0.1) is 11.8 Å². The molecule has 39 heavy (non-hydrogen) atoms. The Morgan fingerprint density at radius 3 is 2.69 bits per heavy atom. The largest absolute Gasteiger partial charge is 0.546 e. The molecule has 2 fully saturated rings. The fourth-order valence-corrected chi connectivity index (χ4v) is 6.67. The molecule has 2 aliphatic rings. The lowest BCUT2D eigenvalue weighted by Gasteiger charge is -2.37. The van der Waals surface area contributed by atoms with Crippen molar-refractivity contribution >= 4 is 28.9 Å². The minimum atomic E-state index is -1.70. The number of anilines is 2. The molecule has 1 aromatic carbocycles. The van der Waals surface area contributed by atoms with E-state index in [-0.39, 0.29) is 24.6 Å². The highest BCUT2D eigenvalue weighted by Gasteiger charge is 2.33. The van der Waals surface area contributed by atoms with E-state index in [2.05, 4.69) is 36.4 Å². The van der Waals surface area contributed by atoms with Crippen LogP contribution in [0.1, 0.15) is 69.5 Å². The molecule has 1 aliphatic carbocycles. The van der Waals surface area contributed by atoms with Gasteiger partial charge < -0.3 is 34.7 Å². The Morgan fingerprint density at radius 2 is 1.95 bits per heavy atom. The Bertz CT molecular complexity index is 1000. The van der Waals surface area contributed by atoms with E-state index in [9.17, 15) is 14.5 Å². The molecule has 2 aromatic rings. The maximum Gasteiger partial charge on any atom is 0.404 e. The van der Waals surface area contributed by atoms with Gasteiger partial charge in [0.1, 0.15) is 0 Å². The molecule has 1 amide bonds. The Morgan fingerprint density at radius 1 is 1.15 bits per heavy atom. The van der Waals surface area contributed by atoms with Crippen LogP contribution < -0.4 is 15.5 Å². The van der Waals surface area contributed by atoms with Crippen LogP contribution in [-0.2, 0) is 9.47 Å². The zero-order valence-corrected chi connectivity index (χ0v) is 23.7. The number of carbonyl (C=O) groups is 1. The first-order valence-corrected chi connectivity index (χ1v) is 15.3. The summed E-state index contributed by atoms with van der Waals surface area (Å²) in [6, 6.07) is 10.2. The monoisotopic (exact) mass is 561 g/mol. The van der Waals surface area contributed by atoms with E-state index in [1.807, 2.05) is 18.2 Å². The summed E-state index contributed by atoms with van der Waals surface area (Å²) >= 11 is -1.70. The van der Waals surface area contributed by atoms with Crippen LogP contribution >= 0.6 is 11.1 Å². The molecule has 2 heterocycles. The van der Waals surface area contributed by atoms with Crippen LogP contribution in [0.3, 0.4) is 0 Å². The third-order valence-corrected chi connectivity index (χ3v) is 8.50. The molecule has 1 aromatic heterocycles. The van der Waals surface area contributed by atoms with Crippen molar-refractivity contribution in [3.8, 4) is 0 Å². The van der Waals surface area contributed by atoms with Gasteiger partial charge in [-0.25, -0.2) is 4.79 Å². The third-order valence-electron chi connectivity index (χ3n) is 7.83. The molecular weight excluding hydrogens is 518 g/mol. The van der Waals surface area contributed by atoms with E-state index in [1.54, 1.807) is 7.11 Å². The van der Waals surface area contributed by atoms with Gasteiger partial charge in [-0.1, -0.05) is 62.4 Å². The zero-order valence-electron chi connectivity index (χ0n) is 22.9. The normalized spacial score (nSPS) is 20.4. The number of benzene rings is 1. The van der Waals surface area contributed by atoms with Gasteiger partial charge in [-0.15, -0.1) is 0 Å². The SMILES string of the molecule is COCCCO[C@H](c1ccccc1)C1CCCN(c2n[s+]([O-])nc2NC(CNC(=O)O)CC2CCCCC2)C1. The molecule has 0 spiro atoms. The van der Waals surface area contributed by atoms with Gasteiger partial charge in [-0.05, 0) is 37.2 Å². The predicted molar refractivity (Wildman–Crippen MR) is 152 cm³/mol. The number of rotatable bonds is 14. The molecule has 1 saturated carbocycles. The van der Waals surface area contributed by atoms with Crippen molar-refractivity contribution in [2.24, 2.45) is 11.8 Å². The number of ether oxygens (including phenoxy) is 2. The summed E-state index contributed by atoms with van der Waals surface area (Å²) in [7, 11) is 1.70. The molecular formula is C28H43N5O5S. The Balaban J connectivity index is 1.48. The lowest BCUT2D eigenvalue weighted by Crippen LogP contribution is -2.40. The maximum absolute atomic E-state index is 12.5. The van der Waals surface area contributed by atoms with Crippen molar-refractivity contribution in [1.82, 2.24) is 14.1 Å². The average Bonchev–Trinajstić information content (AvgIpc) is 3.32. The number of methoxy groups -OCH3 is 1. The van der Waals surface area contributed by atoms with Crippen molar-refractivity contribution in [1.29, 1.82) is 0 Å². The van der Waals surface area contributed by atoms with E-state index in [0.29, 0.717) is 37.3 Å². The average molecular weight is 562 g/mol. The lowest BCUT2D eigenvalue weighted by molar-refractivity contribution is -0.00237. The van der Waals surface area contributed by atoms with Gasteiger partial charge in [-0.3, -0.25) is 0 Å². The number of nitrogens with zero attached hydrogens (tertiary/aromatic N) is 3. The second-order valence-corrected chi connectivity index (χ2v) is 11.6. The van der Waals surface area contributed by atoms with Crippen LogP contribution in [0.4, 0.5) is 16.4 Å². The van der Waals surface area contributed by atoms with Crippen molar-refractivity contribution < 1.29 is 23.9 Å². The summed E-state index contributed by atoms with van der Waals surface area (Å²) in [6.07, 6.45) is 8.54. The molecule has 4 atom stereocenters.